The van der Waals surface area contributed by atoms with Gasteiger partial charge in [-0.25, -0.2) is 4.39 Å². The van der Waals surface area contributed by atoms with Gasteiger partial charge in [0.1, 0.15) is 5.75 Å². The van der Waals surface area contributed by atoms with E-state index in [4.69, 9.17) is 0 Å². The van der Waals surface area contributed by atoms with E-state index in [0.717, 1.165) is 0 Å². The summed E-state index contributed by atoms with van der Waals surface area (Å²) < 4.78 is 41.3. The number of amides is 1. The molecular formula is C10H8Br2F3NO2. The second-order valence-electron chi connectivity index (χ2n) is 3.17. The number of nitrogens with one attached hydrogen (secondary N) is 1. The van der Waals surface area contributed by atoms with E-state index in [2.05, 4.69) is 41.9 Å². The first-order valence-corrected chi connectivity index (χ1v) is 6.49. The van der Waals surface area contributed by atoms with Crippen LogP contribution in [0.2, 0.25) is 0 Å². The molecule has 0 fully saturated rings. The smallest absolute Gasteiger partial charge is 0.420 e. The second-order valence-corrected chi connectivity index (χ2v) is 6.23. The Kier molecular flexibility index (Phi) is 5.46. The number of carbonyl (C=O) groups is 1. The molecule has 3 nitrogen and oxygen atoms in total. The van der Waals surface area contributed by atoms with Gasteiger partial charge in [-0.2, -0.15) is 8.78 Å². The molecule has 0 aliphatic rings. The van der Waals surface area contributed by atoms with Crippen molar-refractivity contribution in [3.8, 4) is 5.75 Å². The summed E-state index contributed by atoms with van der Waals surface area (Å²) in [4.78, 5) is 10.7. The van der Waals surface area contributed by atoms with E-state index in [1.165, 1.54) is 24.3 Å². The van der Waals surface area contributed by atoms with Crippen LogP contribution in [-0.2, 0) is 4.79 Å². The molecule has 0 spiro atoms. The Bertz CT molecular complexity index is 412. The average molecular weight is 391 g/mol. The van der Waals surface area contributed by atoms with Crippen LogP contribution in [-0.4, -0.2) is 22.4 Å². The van der Waals surface area contributed by atoms with E-state index in [9.17, 15) is 18.0 Å². The number of benzene rings is 1. The lowest BCUT2D eigenvalue weighted by Crippen LogP contribution is -2.31. The van der Waals surface area contributed by atoms with Crippen molar-refractivity contribution in [1.29, 1.82) is 0 Å². The predicted octanol–water partition coefficient (Wildman–Crippen LogP) is 3.68. The summed E-state index contributed by atoms with van der Waals surface area (Å²) in [5.41, 5.74) is 0.294. The van der Waals surface area contributed by atoms with Crippen molar-refractivity contribution in [2.45, 2.75) is 9.85 Å². The van der Waals surface area contributed by atoms with Crippen LogP contribution in [0.15, 0.2) is 24.3 Å². The standard InChI is InChI=1S/C10H8Br2F3NO2/c11-9(12)10(14,15)18-7-3-1-6(2-4-7)16-8(17)5-13/h1-4,9H,5H2,(H,16,17). The normalized spacial score (nSPS) is 11.4. The molecule has 8 heteroatoms. The molecule has 0 aliphatic carbocycles. The Hall–Kier alpha value is -0.760. The maximum Gasteiger partial charge on any atom is 0.420 e. The quantitative estimate of drug-likeness (QED) is 0.779. The molecule has 0 saturated carbocycles. The number of alkyl halides is 5. The molecular weight excluding hydrogens is 383 g/mol. The lowest BCUT2D eigenvalue weighted by molar-refractivity contribution is -0.158. The Morgan fingerprint density at radius 1 is 1.33 bits per heavy atom. The highest BCUT2D eigenvalue weighted by molar-refractivity contribution is 9.24. The van der Waals surface area contributed by atoms with Crippen molar-refractivity contribution >= 4 is 43.5 Å². The highest BCUT2D eigenvalue weighted by atomic mass is 79.9. The first-order chi connectivity index (χ1) is 8.35. The zero-order valence-corrected chi connectivity index (χ0v) is 12.0. The molecule has 1 aromatic carbocycles. The fraction of sp³-hybridized carbons (Fsp3) is 0.300. The van der Waals surface area contributed by atoms with Crippen LogP contribution >= 0.6 is 31.9 Å². The molecule has 0 bridgehead atoms. The van der Waals surface area contributed by atoms with Gasteiger partial charge in [0, 0.05) is 5.69 Å². The van der Waals surface area contributed by atoms with E-state index in [0.29, 0.717) is 5.69 Å². The fourth-order valence-electron chi connectivity index (χ4n) is 1.00. The molecule has 18 heavy (non-hydrogen) atoms. The van der Waals surface area contributed by atoms with E-state index in [-0.39, 0.29) is 5.75 Å². The summed E-state index contributed by atoms with van der Waals surface area (Å²) in [6, 6.07) is 5.14. The summed E-state index contributed by atoms with van der Waals surface area (Å²) in [7, 11) is 0. The summed E-state index contributed by atoms with van der Waals surface area (Å²) in [5.74, 6) is -0.892. The number of carbonyl (C=O) groups excluding carboxylic acids is 1. The Morgan fingerprint density at radius 2 is 1.89 bits per heavy atom. The zero-order chi connectivity index (χ0) is 13.8. The lowest BCUT2D eigenvalue weighted by atomic mass is 10.3. The summed E-state index contributed by atoms with van der Waals surface area (Å²) >= 11 is 5.31. The van der Waals surface area contributed by atoms with Gasteiger partial charge in [0.25, 0.3) is 5.91 Å². The Morgan fingerprint density at radius 3 is 2.33 bits per heavy atom. The molecule has 1 aromatic rings. The zero-order valence-electron chi connectivity index (χ0n) is 8.80. The molecule has 1 N–H and O–H groups in total. The topological polar surface area (TPSA) is 38.3 Å². The maximum absolute atomic E-state index is 13.2. The van der Waals surface area contributed by atoms with Gasteiger partial charge in [-0.15, -0.1) is 0 Å². The van der Waals surface area contributed by atoms with Gasteiger partial charge in [-0.1, -0.05) is 31.9 Å². The molecule has 0 saturated heterocycles. The van der Waals surface area contributed by atoms with Crippen molar-refractivity contribution in [2.75, 3.05) is 12.0 Å². The largest absolute Gasteiger partial charge is 0.431 e. The predicted molar refractivity (Wildman–Crippen MR) is 68.3 cm³/mol. The van der Waals surface area contributed by atoms with Crippen molar-refractivity contribution in [1.82, 2.24) is 0 Å². The first-order valence-electron chi connectivity index (χ1n) is 4.66. The van der Waals surface area contributed by atoms with Crippen molar-refractivity contribution in [2.24, 2.45) is 0 Å². The summed E-state index contributed by atoms with van der Waals surface area (Å²) in [5, 5.41) is 2.23. The van der Waals surface area contributed by atoms with Gasteiger partial charge in [-0.3, -0.25) is 4.79 Å². The Balaban J connectivity index is 2.69. The number of hydrogen-bond acceptors (Lipinski definition) is 2. The third-order valence-electron chi connectivity index (χ3n) is 1.77. The minimum atomic E-state index is -3.43. The molecule has 0 aromatic heterocycles. The molecule has 0 unspecified atom stereocenters. The van der Waals surface area contributed by atoms with Crippen molar-refractivity contribution < 1.29 is 22.7 Å². The van der Waals surface area contributed by atoms with Gasteiger partial charge in [0.05, 0.1) is 0 Å². The maximum atomic E-state index is 13.2. The van der Waals surface area contributed by atoms with Crippen LogP contribution in [0, 0.1) is 0 Å². The van der Waals surface area contributed by atoms with Gasteiger partial charge in [-0.05, 0) is 24.3 Å². The number of rotatable bonds is 5. The summed E-state index contributed by atoms with van der Waals surface area (Å²) in [6.07, 6.45) is -3.43. The van der Waals surface area contributed by atoms with Crippen LogP contribution in [0.4, 0.5) is 18.9 Å². The van der Waals surface area contributed by atoms with Crippen LogP contribution in [0.1, 0.15) is 0 Å². The molecule has 0 heterocycles. The van der Waals surface area contributed by atoms with Crippen molar-refractivity contribution in [3.63, 3.8) is 0 Å². The highest BCUT2D eigenvalue weighted by Crippen LogP contribution is 2.32. The Labute approximate surface area is 118 Å². The van der Waals surface area contributed by atoms with Gasteiger partial charge in [0.2, 0.25) is 0 Å². The fourth-order valence-corrected chi connectivity index (χ4v) is 1.19. The lowest BCUT2D eigenvalue weighted by Gasteiger charge is -2.19. The third kappa shape index (κ3) is 4.49. The molecule has 0 radical (unpaired) electrons. The van der Waals surface area contributed by atoms with Gasteiger partial charge >= 0.3 is 6.11 Å². The number of anilines is 1. The van der Waals surface area contributed by atoms with Crippen LogP contribution in [0.5, 0.6) is 5.75 Å². The van der Waals surface area contributed by atoms with Crippen molar-refractivity contribution in [3.05, 3.63) is 24.3 Å². The van der Waals surface area contributed by atoms with Gasteiger partial charge in [0.15, 0.2) is 10.4 Å². The number of ether oxygens (including phenoxy) is 1. The van der Waals surface area contributed by atoms with Crippen LogP contribution in [0.25, 0.3) is 0 Å². The molecule has 100 valence electrons. The van der Waals surface area contributed by atoms with E-state index in [1.54, 1.807) is 0 Å². The summed E-state index contributed by atoms with van der Waals surface area (Å²) in [6.45, 7) is -1.15. The average Bonchev–Trinajstić information content (AvgIpc) is 2.31. The third-order valence-corrected chi connectivity index (χ3v) is 2.83. The van der Waals surface area contributed by atoms with E-state index >= 15 is 0 Å². The molecule has 0 aliphatic heterocycles. The van der Waals surface area contributed by atoms with E-state index in [1.807, 2.05) is 0 Å². The minimum absolute atomic E-state index is 0.0813. The van der Waals surface area contributed by atoms with Crippen LogP contribution < -0.4 is 10.1 Å². The highest BCUT2D eigenvalue weighted by Gasteiger charge is 2.39. The van der Waals surface area contributed by atoms with Gasteiger partial charge < -0.3 is 10.1 Å². The van der Waals surface area contributed by atoms with Crippen LogP contribution in [0.3, 0.4) is 0 Å². The second kappa shape index (κ2) is 6.42. The molecule has 1 amide bonds. The molecule has 0 atom stereocenters. The van der Waals surface area contributed by atoms with E-state index < -0.39 is 22.4 Å². The number of hydrogen-bond donors (Lipinski definition) is 1. The minimum Gasteiger partial charge on any atom is -0.431 e. The first kappa shape index (κ1) is 15.3. The molecule has 1 rings (SSSR count). The number of halogens is 5. The SMILES string of the molecule is O=C(CF)Nc1ccc(OC(F)(F)C(Br)Br)cc1. The monoisotopic (exact) mass is 389 g/mol.